The van der Waals surface area contributed by atoms with Gasteiger partial charge >= 0.3 is 5.97 Å². The first-order chi connectivity index (χ1) is 8.95. The van der Waals surface area contributed by atoms with E-state index in [1.165, 1.54) is 19.3 Å². The molecule has 0 aliphatic heterocycles. The highest BCUT2D eigenvalue weighted by Gasteiger charge is 2.26. The number of hydrogen-bond acceptors (Lipinski definition) is 4. The quantitative estimate of drug-likeness (QED) is 0.913. The molecule has 0 aromatic carbocycles. The van der Waals surface area contributed by atoms with Crippen molar-refractivity contribution < 1.29 is 9.90 Å². The summed E-state index contributed by atoms with van der Waals surface area (Å²) in [6.07, 6.45) is 3.90. The molecule has 0 radical (unpaired) electrons. The van der Waals surface area contributed by atoms with Crippen molar-refractivity contribution in [1.82, 2.24) is 4.98 Å². The summed E-state index contributed by atoms with van der Waals surface area (Å²) in [4.78, 5) is 16.2. The number of rotatable bonds is 4. The van der Waals surface area contributed by atoms with Gasteiger partial charge in [0.25, 0.3) is 0 Å². The number of carboxylic acids is 1. The highest BCUT2D eigenvalue weighted by atomic mass is 32.2. The molecule has 1 aliphatic rings. The van der Waals surface area contributed by atoms with Gasteiger partial charge in [-0.2, -0.15) is 0 Å². The Balaban J connectivity index is 1.98. The summed E-state index contributed by atoms with van der Waals surface area (Å²) in [6, 6.07) is 0. The van der Waals surface area contributed by atoms with Gasteiger partial charge in [-0.1, -0.05) is 25.6 Å². The van der Waals surface area contributed by atoms with Gasteiger partial charge in [-0.25, -0.2) is 4.98 Å². The van der Waals surface area contributed by atoms with Crippen molar-refractivity contribution in [3.8, 4) is 0 Å². The van der Waals surface area contributed by atoms with Crippen LogP contribution >= 0.6 is 23.1 Å². The van der Waals surface area contributed by atoms with Crippen LogP contribution in [-0.2, 0) is 11.2 Å². The van der Waals surface area contributed by atoms with Crippen molar-refractivity contribution in [3.05, 3.63) is 10.6 Å². The summed E-state index contributed by atoms with van der Waals surface area (Å²) < 4.78 is 1.04. The van der Waals surface area contributed by atoms with Crippen molar-refractivity contribution in [3.63, 3.8) is 0 Å². The molecule has 1 saturated carbocycles. The Labute approximate surface area is 122 Å². The number of thiazole rings is 1. The van der Waals surface area contributed by atoms with Crippen molar-refractivity contribution in [2.75, 3.05) is 0 Å². The second-order valence-electron chi connectivity index (χ2n) is 5.57. The van der Waals surface area contributed by atoms with Gasteiger partial charge in [0.2, 0.25) is 0 Å². The molecule has 1 fully saturated rings. The Bertz CT molecular complexity index is 458. The van der Waals surface area contributed by atoms with Gasteiger partial charge in [0.05, 0.1) is 12.1 Å². The zero-order valence-corrected chi connectivity index (χ0v) is 13.3. The minimum Gasteiger partial charge on any atom is -0.481 e. The normalized spacial score (nSPS) is 27.4. The molecule has 0 saturated heterocycles. The number of carboxylic acid groups (broad SMARTS) is 1. The van der Waals surface area contributed by atoms with Crippen LogP contribution < -0.4 is 0 Å². The van der Waals surface area contributed by atoms with E-state index in [0.29, 0.717) is 5.25 Å². The average Bonchev–Trinajstić information content (AvgIpc) is 2.64. The summed E-state index contributed by atoms with van der Waals surface area (Å²) in [5, 5.41) is 9.51. The Morgan fingerprint density at radius 2 is 2.16 bits per heavy atom. The van der Waals surface area contributed by atoms with E-state index in [1.807, 2.05) is 18.7 Å². The fourth-order valence-corrected chi connectivity index (χ4v) is 5.31. The summed E-state index contributed by atoms with van der Waals surface area (Å²) in [7, 11) is 0. The average molecular weight is 299 g/mol. The van der Waals surface area contributed by atoms with E-state index in [9.17, 15) is 4.79 Å². The van der Waals surface area contributed by atoms with E-state index >= 15 is 0 Å². The first-order valence-corrected chi connectivity index (χ1v) is 8.50. The lowest BCUT2D eigenvalue weighted by Gasteiger charge is -2.31. The molecular weight excluding hydrogens is 278 g/mol. The minimum atomic E-state index is -0.775. The van der Waals surface area contributed by atoms with Gasteiger partial charge in [-0.05, 0) is 38.0 Å². The van der Waals surface area contributed by atoms with Crippen LogP contribution in [-0.4, -0.2) is 21.3 Å². The molecule has 3 atom stereocenters. The smallest absolute Gasteiger partial charge is 0.308 e. The van der Waals surface area contributed by atoms with Crippen LogP contribution in [0.1, 0.15) is 43.7 Å². The van der Waals surface area contributed by atoms with Crippen molar-refractivity contribution in [1.29, 1.82) is 0 Å². The molecule has 1 aromatic heterocycles. The molecule has 5 heteroatoms. The Morgan fingerprint density at radius 3 is 2.79 bits per heavy atom. The highest BCUT2D eigenvalue weighted by molar-refractivity contribution is 8.01. The van der Waals surface area contributed by atoms with Crippen LogP contribution in [0.5, 0.6) is 0 Å². The number of aromatic nitrogens is 1. The van der Waals surface area contributed by atoms with Crippen LogP contribution in [0.4, 0.5) is 0 Å². The molecule has 0 amide bonds. The third-order valence-electron chi connectivity index (χ3n) is 4.00. The SMILES string of the molecule is Cc1nc(SC2CCC(C)C(C)C2)sc1CC(=O)O. The Hall–Kier alpha value is -0.550. The summed E-state index contributed by atoms with van der Waals surface area (Å²) in [5.74, 6) is 0.840. The standard InChI is InChI=1S/C14H21NO2S2/c1-8-4-5-11(6-9(8)2)18-14-15-10(3)12(19-14)7-13(16)17/h8-9,11H,4-7H2,1-3H3,(H,16,17). The van der Waals surface area contributed by atoms with Gasteiger partial charge in [0, 0.05) is 10.1 Å². The minimum absolute atomic E-state index is 0.0994. The summed E-state index contributed by atoms with van der Waals surface area (Å²) in [6.45, 7) is 6.58. The predicted octanol–water partition coefficient (Wildman–Crippen LogP) is 4.00. The summed E-state index contributed by atoms with van der Waals surface area (Å²) in [5.41, 5.74) is 0.882. The van der Waals surface area contributed by atoms with Crippen LogP contribution in [0.15, 0.2) is 4.34 Å². The second kappa shape index (κ2) is 6.27. The number of nitrogens with zero attached hydrogens (tertiary/aromatic N) is 1. The number of thioether (sulfide) groups is 1. The third kappa shape index (κ3) is 3.96. The molecule has 1 aromatic rings. The van der Waals surface area contributed by atoms with E-state index in [1.54, 1.807) is 11.3 Å². The van der Waals surface area contributed by atoms with Crippen molar-refractivity contribution in [2.45, 2.75) is 56.0 Å². The third-order valence-corrected chi connectivity index (χ3v) is 6.55. The number of aliphatic carboxylic acids is 1. The second-order valence-corrected chi connectivity index (χ2v) is 8.20. The summed E-state index contributed by atoms with van der Waals surface area (Å²) >= 11 is 3.40. The zero-order chi connectivity index (χ0) is 14.0. The van der Waals surface area contributed by atoms with Crippen LogP contribution in [0.25, 0.3) is 0 Å². The largest absolute Gasteiger partial charge is 0.481 e. The Kier molecular flexibility index (Phi) is 4.90. The fourth-order valence-electron chi connectivity index (χ4n) is 2.50. The molecule has 3 nitrogen and oxygen atoms in total. The number of hydrogen-bond donors (Lipinski definition) is 1. The van der Waals surface area contributed by atoms with Gasteiger partial charge in [-0.3, -0.25) is 4.79 Å². The van der Waals surface area contributed by atoms with E-state index in [2.05, 4.69) is 18.8 Å². The fraction of sp³-hybridized carbons (Fsp3) is 0.714. The van der Waals surface area contributed by atoms with E-state index in [-0.39, 0.29) is 6.42 Å². The van der Waals surface area contributed by atoms with Gasteiger partial charge < -0.3 is 5.11 Å². The first kappa shape index (κ1) is 14.9. The van der Waals surface area contributed by atoms with Crippen LogP contribution in [0.3, 0.4) is 0 Å². The maximum atomic E-state index is 10.8. The molecule has 106 valence electrons. The molecule has 0 bridgehead atoms. The van der Waals surface area contributed by atoms with Gasteiger partial charge in [0.15, 0.2) is 4.34 Å². The van der Waals surface area contributed by atoms with E-state index in [0.717, 1.165) is 26.7 Å². The topological polar surface area (TPSA) is 50.2 Å². The highest BCUT2D eigenvalue weighted by Crippen LogP contribution is 2.40. The molecule has 1 aliphatic carbocycles. The van der Waals surface area contributed by atoms with Crippen LogP contribution in [0, 0.1) is 18.8 Å². The lowest BCUT2D eigenvalue weighted by molar-refractivity contribution is -0.136. The van der Waals surface area contributed by atoms with Crippen molar-refractivity contribution in [2.24, 2.45) is 11.8 Å². The lowest BCUT2D eigenvalue weighted by Crippen LogP contribution is -2.22. The molecule has 1 heterocycles. The molecule has 0 spiro atoms. The first-order valence-electron chi connectivity index (χ1n) is 6.80. The van der Waals surface area contributed by atoms with E-state index < -0.39 is 5.97 Å². The Morgan fingerprint density at radius 1 is 1.42 bits per heavy atom. The molecule has 1 N–H and O–H groups in total. The zero-order valence-electron chi connectivity index (χ0n) is 11.7. The maximum Gasteiger partial charge on any atom is 0.308 e. The molecule has 3 unspecified atom stereocenters. The molecule has 2 rings (SSSR count). The van der Waals surface area contributed by atoms with Gasteiger partial charge in [0.1, 0.15) is 0 Å². The monoisotopic (exact) mass is 299 g/mol. The number of carbonyl (C=O) groups is 1. The number of aryl methyl sites for hydroxylation is 1. The van der Waals surface area contributed by atoms with Crippen LogP contribution in [0.2, 0.25) is 0 Å². The molecule has 19 heavy (non-hydrogen) atoms. The van der Waals surface area contributed by atoms with Gasteiger partial charge in [-0.15, -0.1) is 11.3 Å². The predicted molar refractivity (Wildman–Crippen MR) is 80.0 cm³/mol. The van der Waals surface area contributed by atoms with Crippen molar-refractivity contribution >= 4 is 29.1 Å². The lowest BCUT2D eigenvalue weighted by atomic mass is 9.81. The molecular formula is C14H21NO2S2. The van der Waals surface area contributed by atoms with E-state index in [4.69, 9.17) is 5.11 Å². The maximum absolute atomic E-state index is 10.8.